The summed E-state index contributed by atoms with van der Waals surface area (Å²) < 4.78 is 5.35. The van der Waals surface area contributed by atoms with Crippen LogP contribution in [0.25, 0.3) is 0 Å². The molecule has 6 heteroatoms. The number of hydrogen-bond donors (Lipinski definition) is 2. The van der Waals surface area contributed by atoms with E-state index in [4.69, 9.17) is 4.42 Å². The topological polar surface area (TPSA) is 79.6 Å². The number of H-pyrrole nitrogens is 1. The Morgan fingerprint density at radius 3 is 3.13 bits per heavy atom. The Morgan fingerprint density at radius 2 is 2.40 bits per heavy atom. The third-order valence-corrected chi connectivity index (χ3v) is 1.92. The van der Waals surface area contributed by atoms with E-state index >= 15 is 0 Å². The SMILES string of the molecule is CCCc1nnc(NCc2ccn[nH]2)o1. The van der Waals surface area contributed by atoms with Gasteiger partial charge in [-0.1, -0.05) is 12.0 Å². The summed E-state index contributed by atoms with van der Waals surface area (Å²) in [5, 5.41) is 17.5. The molecule has 2 rings (SSSR count). The fourth-order valence-corrected chi connectivity index (χ4v) is 1.19. The van der Waals surface area contributed by atoms with Gasteiger partial charge in [0.1, 0.15) is 0 Å². The highest BCUT2D eigenvalue weighted by atomic mass is 16.4. The average molecular weight is 207 g/mol. The summed E-state index contributed by atoms with van der Waals surface area (Å²) >= 11 is 0. The molecule has 15 heavy (non-hydrogen) atoms. The van der Waals surface area contributed by atoms with Crippen LogP contribution >= 0.6 is 0 Å². The van der Waals surface area contributed by atoms with Gasteiger partial charge in [-0.2, -0.15) is 5.10 Å². The van der Waals surface area contributed by atoms with Crippen LogP contribution in [0.1, 0.15) is 24.9 Å². The summed E-state index contributed by atoms with van der Waals surface area (Å²) in [5.74, 6) is 0.671. The summed E-state index contributed by atoms with van der Waals surface area (Å²) in [5.41, 5.74) is 0.977. The molecule has 0 saturated carbocycles. The van der Waals surface area contributed by atoms with Crippen LogP contribution in [0.3, 0.4) is 0 Å². The molecule has 2 aromatic rings. The molecule has 0 fully saturated rings. The second-order valence-electron chi connectivity index (χ2n) is 3.19. The van der Waals surface area contributed by atoms with E-state index in [0.717, 1.165) is 18.5 Å². The molecule has 6 nitrogen and oxygen atoms in total. The van der Waals surface area contributed by atoms with Crippen molar-refractivity contribution in [2.24, 2.45) is 0 Å². The van der Waals surface area contributed by atoms with Gasteiger partial charge in [0.2, 0.25) is 5.89 Å². The quantitative estimate of drug-likeness (QED) is 0.773. The second kappa shape index (κ2) is 4.59. The van der Waals surface area contributed by atoms with Gasteiger partial charge in [-0.3, -0.25) is 5.10 Å². The number of aromatic nitrogens is 4. The van der Waals surface area contributed by atoms with E-state index in [-0.39, 0.29) is 0 Å². The lowest BCUT2D eigenvalue weighted by Gasteiger charge is -1.96. The minimum absolute atomic E-state index is 0.452. The van der Waals surface area contributed by atoms with Gasteiger partial charge in [-0.15, -0.1) is 5.10 Å². The highest BCUT2D eigenvalue weighted by Gasteiger charge is 2.04. The van der Waals surface area contributed by atoms with Crippen molar-refractivity contribution >= 4 is 6.01 Å². The molecular weight excluding hydrogens is 194 g/mol. The first-order chi connectivity index (χ1) is 7.38. The Hall–Kier alpha value is -1.85. The monoisotopic (exact) mass is 207 g/mol. The molecule has 0 radical (unpaired) electrons. The van der Waals surface area contributed by atoms with Gasteiger partial charge in [0.25, 0.3) is 0 Å². The van der Waals surface area contributed by atoms with Crippen molar-refractivity contribution in [2.45, 2.75) is 26.3 Å². The van der Waals surface area contributed by atoms with E-state index in [1.54, 1.807) is 6.20 Å². The number of nitrogens with zero attached hydrogens (tertiary/aromatic N) is 3. The van der Waals surface area contributed by atoms with E-state index in [1.807, 2.05) is 6.07 Å². The lowest BCUT2D eigenvalue weighted by atomic mass is 10.3. The first-order valence-electron chi connectivity index (χ1n) is 4.93. The van der Waals surface area contributed by atoms with Crippen LogP contribution in [-0.2, 0) is 13.0 Å². The van der Waals surface area contributed by atoms with Crippen LogP contribution in [0.2, 0.25) is 0 Å². The zero-order chi connectivity index (χ0) is 10.5. The van der Waals surface area contributed by atoms with Crippen molar-refractivity contribution < 1.29 is 4.42 Å². The summed E-state index contributed by atoms with van der Waals surface area (Å²) in [6.07, 6.45) is 3.52. The molecular formula is C9H13N5O. The average Bonchev–Trinajstić information content (AvgIpc) is 2.85. The Labute approximate surface area is 87.1 Å². The third-order valence-electron chi connectivity index (χ3n) is 1.92. The lowest BCUT2D eigenvalue weighted by molar-refractivity contribution is 0.500. The highest BCUT2D eigenvalue weighted by molar-refractivity contribution is 5.19. The van der Waals surface area contributed by atoms with Gasteiger partial charge >= 0.3 is 6.01 Å². The predicted molar refractivity (Wildman–Crippen MR) is 54.2 cm³/mol. The Morgan fingerprint density at radius 1 is 1.47 bits per heavy atom. The van der Waals surface area contributed by atoms with E-state index in [9.17, 15) is 0 Å². The molecule has 0 aliphatic rings. The molecule has 80 valence electrons. The number of aryl methyl sites for hydroxylation is 1. The maximum atomic E-state index is 5.35. The van der Waals surface area contributed by atoms with Gasteiger partial charge < -0.3 is 9.73 Å². The third kappa shape index (κ3) is 2.55. The smallest absolute Gasteiger partial charge is 0.315 e. The highest BCUT2D eigenvalue weighted by Crippen LogP contribution is 2.08. The normalized spacial score (nSPS) is 10.5. The van der Waals surface area contributed by atoms with Crippen molar-refractivity contribution in [3.63, 3.8) is 0 Å². The minimum Gasteiger partial charge on any atom is -0.408 e. The summed E-state index contributed by atoms with van der Waals surface area (Å²) in [4.78, 5) is 0. The van der Waals surface area contributed by atoms with E-state index in [2.05, 4.69) is 32.6 Å². The predicted octanol–water partition coefficient (Wildman–Crippen LogP) is 1.36. The van der Waals surface area contributed by atoms with Crippen molar-refractivity contribution in [2.75, 3.05) is 5.32 Å². The van der Waals surface area contributed by atoms with E-state index in [1.165, 1.54) is 0 Å². The van der Waals surface area contributed by atoms with Gasteiger partial charge in [-0.25, -0.2) is 0 Å². The number of aromatic amines is 1. The Kier molecular flexibility index (Phi) is 2.96. The first kappa shape index (κ1) is 9.70. The molecule has 0 bridgehead atoms. The first-order valence-corrected chi connectivity index (χ1v) is 4.93. The van der Waals surface area contributed by atoms with E-state index < -0.39 is 0 Å². The summed E-state index contributed by atoms with van der Waals surface area (Å²) in [6.45, 7) is 2.68. The Balaban J connectivity index is 1.88. The van der Waals surface area contributed by atoms with Crippen LogP contribution in [0.5, 0.6) is 0 Å². The molecule has 0 saturated heterocycles. The number of hydrogen-bond acceptors (Lipinski definition) is 5. The molecule has 0 spiro atoms. The van der Waals surface area contributed by atoms with Crippen LogP contribution in [0.4, 0.5) is 6.01 Å². The molecule has 0 aliphatic heterocycles. The number of nitrogens with one attached hydrogen (secondary N) is 2. The number of anilines is 1. The van der Waals surface area contributed by atoms with Gasteiger partial charge in [0.05, 0.1) is 12.2 Å². The zero-order valence-corrected chi connectivity index (χ0v) is 8.53. The fraction of sp³-hybridized carbons (Fsp3) is 0.444. The van der Waals surface area contributed by atoms with E-state index in [0.29, 0.717) is 18.5 Å². The molecule has 2 N–H and O–H groups in total. The standard InChI is InChI=1S/C9H13N5O/c1-2-3-8-13-14-9(15-8)10-6-7-4-5-11-12-7/h4-5H,2-3,6H2,1H3,(H,10,14)(H,11,12). The van der Waals surface area contributed by atoms with Crippen molar-refractivity contribution in [3.8, 4) is 0 Å². The van der Waals surface area contributed by atoms with Crippen LogP contribution in [-0.4, -0.2) is 20.4 Å². The molecule has 0 aromatic carbocycles. The van der Waals surface area contributed by atoms with Gasteiger partial charge in [0, 0.05) is 12.6 Å². The van der Waals surface area contributed by atoms with Crippen molar-refractivity contribution in [3.05, 3.63) is 23.8 Å². The van der Waals surface area contributed by atoms with Gasteiger partial charge in [-0.05, 0) is 12.5 Å². The lowest BCUT2D eigenvalue weighted by Crippen LogP contribution is -1.99. The fourth-order valence-electron chi connectivity index (χ4n) is 1.19. The Bertz CT molecular complexity index is 394. The summed E-state index contributed by atoms with van der Waals surface area (Å²) in [6, 6.07) is 2.34. The molecule has 2 heterocycles. The molecule has 0 aliphatic carbocycles. The van der Waals surface area contributed by atoms with Crippen molar-refractivity contribution in [1.82, 2.24) is 20.4 Å². The zero-order valence-electron chi connectivity index (χ0n) is 8.53. The molecule has 0 amide bonds. The van der Waals surface area contributed by atoms with Crippen LogP contribution in [0, 0.1) is 0 Å². The van der Waals surface area contributed by atoms with Crippen LogP contribution in [0.15, 0.2) is 16.7 Å². The second-order valence-corrected chi connectivity index (χ2v) is 3.19. The van der Waals surface area contributed by atoms with Crippen LogP contribution < -0.4 is 5.32 Å². The molecule has 2 aromatic heterocycles. The number of rotatable bonds is 5. The molecule has 0 atom stereocenters. The summed E-state index contributed by atoms with van der Waals surface area (Å²) in [7, 11) is 0. The molecule has 0 unspecified atom stereocenters. The largest absolute Gasteiger partial charge is 0.408 e. The van der Waals surface area contributed by atoms with Gasteiger partial charge in [0.15, 0.2) is 0 Å². The maximum Gasteiger partial charge on any atom is 0.315 e. The van der Waals surface area contributed by atoms with Crippen molar-refractivity contribution in [1.29, 1.82) is 0 Å². The minimum atomic E-state index is 0.452. The maximum absolute atomic E-state index is 5.35.